The van der Waals surface area contributed by atoms with Crippen molar-refractivity contribution in [1.82, 2.24) is 9.80 Å². The van der Waals surface area contributed by atoms with E-state index in [9.17, 15) is 0 Å². The van der Waals surface area contributed by atoms with Gasteiger partial charge < -0.3 is 9.47 Å². The summed E-state index contributed by atoms with van der Waals surface area (Å²) in [4.78, 5) is 2.70. The van der Waals surface area contributed by atoms with E-state index in [1.807, 2.05) is 27.7 Å². The molecule has 4 unspecified atom stereocenters. The zero-order valence-corrected chi connectivity index (χ0v) is 15.5. The van der Waals surface area contributed by atoms with Crippen molar-refractivity contribution >= 4 is 0 Å². The summed E-state index contributed by atoms with van der Waals surface area (Å²) in [5.41, 5.74) is 0. The SMILES string of the molecule is CCC(CN1C(CC)C(CC)N(CC(CC)OC)C1(F)F)OC. The molecule has 1 aliphatic rings. The van der Waals surface area contributed by atoms with Gasteiger partial charge in [-0.25, -0.2) is 9.80 Å². The fraction of sp³-hybridized carbons (Fsp3) is 1.00. The van der Waals surface area contributed by atoms with Crippen LogP contribution in [0.1, 0.15) is 53.4 Å². The quantitative estimate of drug-likeness (QED) is 0.570. The van der Waals surface area contributed by atoms with Gasteiger partial charge in [-0.3, -0.25) is 0 Å². The Hall–Kier alpha value is -0.300. The van der Waals surface area contributed by atoms with Crippen LogP contribution in [0.25, 0.3) is 0 Å². The van der Waals surface area contributed by atoms with Crippen LogP contribution < -0.4 is 0 Å². The average Bonchev–Trinajstić information content (AvgIpc) is 2.76. The Morgan fingerprint density at radius 2 is 1.17 bits per heavy atom. The number of nitrogens with zero attached hydrogens (tertiary/aromatic N) is 2. The van der Waals surface area contributed by atoms with Gasteiger partial charge in [0.15, 0.2) is 0 Å². The van der Waals surface area contributed by atoms with E-state index in [0.717, 1.165) is 12.8 Å². The van der Waals surface area contributed by atoms with Gasteiger partial charge in [-0.05, 0) is 25.7 Å². The largest absolute Gasteiger partial charge is 0.380 e. The smallest absolute Gasteiger partial charge is 0.370 e. The van der Waals surface area contributed by atoms with E-state index in [4.69, 9.17) is 9.47 Å². The lowest BCUT2D eigenvalue weighted by Gasteiger charge is -2.34. The van der Waals surface area contributed by atoms with Crippen molar-refractivity contribution in [2.45, 2.75) is 83.8 Å². The fourth-order valence-corrected chi connectivity index (χ4v) is 3.63. The van der Waals surface area contributed by atoms with Gasteiger partial charge in [-0.2, -0.15) is 8.78 Å². The summed E-state index contributed by atoms with van der Waals surface area (Å²) >= 11 is 0. The Kier molecular flexibility index (Phi) is 8.35. The second kappa shape index (κ2) is 9.25. The number of alkyl halides is 2. The Balaban J connectivity index is 3.05. The van der Waals surface area contributed by atoms with Crippen LogP contribution in [-0.2, 0) is 9.47 Å². The molecular weight excluding hydrogens is 302 g/mol. The molecule has 1 saturated heterocycles. The number of hydrogen-bond donors (Lipinski definition) is 0. The van der Waals surface area contributed by atoms with Crippen LogP contribution in [0.4, 0.5) is 8.78 Å². The van der Waals surface area contributed by atoms with Gasteiger partial charge in [0.05, 0.1) is 12.2 Å². The molecule has 0 saturated carbocycles. The van der Waals surface area contributed by atoms with Crippen LogP contribution in [0.15, 0.2) is 0 Å². The van der Waals surface area contributed by atoms with Crippen LogP contribution in [0, 0.1) is 0 Å². The molecule has 0 amide bonds. The molecule has 4 atom stereocenters. The van der Waals surface area contributed by atoms with Gasteiger partial charge in [0, 0.05) is 39.4 Å². The van der Waals surface area contributed by atoms with Gasteiger partial charge in [0.2, 0.25) is 0 Å². The van der Waals surface area contributed by atoms with E-state index in [1.54, 1.807) is 14.2 Å². The molecule has 4 nitrogen and oxygen atoms in total. The van der Waals surface area contributed by atoms with Crippen molar-refractivity contribution in [2.24, 2.45) is 0 Å². The molecule has 1 heterocycles. The Morgan fingerprint density at radius 1 is 0.826 bits per heavy atom. The highest BCUT2D eigenvalue weighted by Crippen LogP contribution is 2.41. The third-order valence-corrected chi connectivity index (χ3v) is 5.15. The van der Waals surface area contributed by atoms with E-state index in [1.165, 1.54) is 9.80 Å². The standard InChI is InChI=1S/C17H34F2N2O2/c1-7-13(22-5)11-20-15(9-3)16(10-4)21(17(20,18)19)12-14(8-2)23-6/h13-16H,7-12H2,1-6H3. The van der Waals surface area contributed by atoms with Crippen molar-refractivity contribution < 1.29 is 18.3 Å². The number of ether oxygens (including phenoxy) is 2. The highest BCUT2D eigenvalue weighted by atomic mass is 19.3. The van der Waals surface area contributed by atoms with Gasteiger partial charge in [-0.15, -0.1) is 0 Å². The van der Waals surface area contributed by atoms with Gasteiger partial charge in [0.25, 0.3) is 0 Å². The van der Waals surface area contributed by atoms with E-state index in [2.05, 4.69) is 0 Å². The van der Waals surface area contributed by atoms with Crippen LogP contribution in [0.3, 0.4) is 0 Å². The molecule has 0 aromatic carbocycles. The maximum atomic E-state index is 15.2. The predicted octanol–water partition coefficient (Wildman–Crippen LogP) is 3.56. The van der Waals surface area contributed by atoms with Crippen molar-refractivity contribution in [3.63, 3.8) is 0 Å². The number of halogens is 2. The third-order valence-electron chi connectivity index (χ3n) is 5.15. The van der Waals surface area contributed by atoms with Crippen LogP contribution >= 0.6 is 0 Å². The normalized spacial score (nSPS) is 28.2. The summed E-state index contributed by atoms with van der Waals surface area (Å²) in [6.07, 6.45) is -0.436. The predicted molar refractivity (Wildman–Crippen MR) is 88.7 cm³/mol. The molecule has 1 fully saturated rings. The molecule has 6 heteroatoms. The summed E-state index contributed by atoms with van der Waals surface area (Å²) in [5, 5.41) is 0. The maximum absolute atomic E-state index is 15.2. The number of hydrogen-bond acceptors (Lipinski definition) is 4. The zero-order valence-electron chi connectivity index (χ0n) is 15.5. The lowest BCUT2D eigenvalue weighted by Crippen LogP contribution is -2.52. The first kappa shape index (κ1) is 20.7. The summed E-state index contributed by atoms with van der Waals surface area (Å²) in [5.74, 6) is 0. The van der Waals surface area contributed by atoms with E-state index >= 15 is 8.78 Å². The first-order valence-corrected chi connectivity index (χ1v) is 8.87. The lowest BCUT2D eigenvalue weighted by atomic mass is 10.0. The molecule has 23 heavy (non-hydrogen) atoms. The molecule has 0 N–H and O–H groups in total. The van der Waals surface area contributed by atoms with Crippen molar-refractivity contribution in [3.8, 4) is 0 Å². The van der Waals surface area contributed by atoms with Crippen LogP contribution in [0.5, 0.6) is 0 Å². The van der Waals surface area contributed by atoms with Crippen molar-refractivity contribution in [3.05, 3.63) is 0 Å². The fourth-order valence-electron chi connectivity index (χ4n) is 3.63. The third kappa shape index (κ3) is 4.41. The minimum Gasteiger partial charge on any atom is -0.380 e. The Bertz CT molecular complexity index is 307. The van der Waals surface area contributed by atoms with Gasteiger partial charge in [0.1, 0.15) is 0 Å². The number of methoxy groups -OCH3 is 2. The zero-order chi connectivity index (χ0) is 17.6. The van der Waals surface area contributed by atoms with Crippen molar-refractivity contribution in [1.29, 1.82) is 0 Å². The molecule has 0 spiro atoms. The molecule has 0 aliphatic carbocycles. The van der Waals surface area contributed by atoms with Crippen molar-refractivity contribution in [2.75, 3.05) is 27.3 Å². The lowest BCUT2D eigenvalue weighted by molar-refractivity contribution is -0.231. The molecule has 0 aromatic rings. The van der Waals surface area contributed by atoms with Crippen LogP contribution in [-0.4, -0.2) is 67.6 Å². The first-order valence-electron chi connectivity index (χ1n) is 8.87. The molecule has 0 bridgehead atoms. The van der Waals surface area contributed by atoms with E-state index < -0.39 is 6.17 Å². The number of rotatable bonds is 10. The summed E-state index contributed by atoms with van der Waals surface area (Å²) in [6.45, 7) is 8.43. The topological polar surface area (TPSA) is 24.9 Å². The van der Waals surface area contributed by atoms with E-state index in [0.29, 0.717) is 12.8 Å². The Morgan fingerprint density at radius 3 is 1.39 bits per heavy atom. The summed E-state index contributed by atoms with van der Waals surface area (Å²) < 4.78 is 41.0. The molecule has 0 radical (unpaired) electrons. The minimum absolute atomic E-state index is 0.159. The molecule has 0 aromatic heterocycles. The van der Waals surface area contributed by atoms with E-state index in [-0.39, 0.29) is 37.4 Å². The molecule has 138 valence electrons. The van der Waals surface area contributed by atoms with Gasteiger partial charge >= 0.3 is 6.17 Å². The highest BCUT2D eigenvalue weighted by Gasteiger charge is 2.58. The summed E-state index contributed by atoms with van der Waals surface area (Å²) in [7, 11) is 3.19. The highest BCUT2D eigenvalue weighted by molar-refractivity contribution is 4.98. The van der Waals surface area contributed by atoms with Crippen LogP contribution in [0.2, 0.25) is 0 Å². The molecule has 1 aliphatic heterocycles. The molecule has 1 rings (SSSR count). The Labute approximate surface area is 140 Å². The monoisotopic (exact) mass is 336 g/mol. The first-order chi connectivity index (χ1) is 10.9. The second-order valence-electron chi connectivity index (χ2n) is 6.30. The van der Waals surface area contributed by atoms with Gasteiger partial charge in [-0.1, -0.05) is 27.7 Å². The molecular formula is C17H34F2N2O2. The average molecular weight is 336 g/mol. The minimum atomic E-state index is -2.96. The second-order valence-corrected chi connectivity index (χ2v) is 6.30. The maximum Gasteiger partial charge on any atom is 0.370 e. The summed E-state index contributed by atoms with van der Waals surface area (Å²) in [6, 6.07) is -0.317.